The third-order valence-electron chi connectivity index (χ3n) is 3.51. The Morgan fingerprint density at radius 3 is 2.33 bits per heavy atom. The molecule has 0 saturated carbocycles. The fourth-order valence-electron chi connectivity index (χ4n) is 2.50. The van der Waals surface area contributed by atoms with Crippen LogP contribution in [0.15, 0.2) is 24.3 Å². The van der Waals surface area contributed by atoms with Crippen molar-refractivity contribution in [1.82, 2.24) is 10.6 Å². The van der Waals surface area contributed by atoms with Crippen LogP contribution in [0.4, 0.5) is 0 Å². The first-order valence-electron chi connectivity index (χ1n) is 6.60. The lowest BCUT2D eigenvalue weighted by molar-refractivity contribution is 0.277. The summed E-state index contributed by atoms with van der Waals surface area (Å²) in [5.74, 6) is 2.08. The van der Waals surface area contributed by atoms with Gasteiger partial charge in [-0.2, -0.15) is 0 Å². The Balaban J connectivity index is 3.06. The molecular weight excluding hydrogens is 224 g/mol. The lowest BCUT2D eigenvalue weighted by atomic mass is 9.84. The van der Waals surface area contributed by atoms with Gasteiger partial charge in [0.15, 0.2) is 0 Å². The fraction of sp³-hybridized carbons (Fsp3) is 0.600. The summed E-state index contributed by atoms with van der Waals surface area (Å²) in [4.78, 5) is 0. The van der Waals surface area contributed by atoms with Gasteiger partial charge in [-0.05, 0) is 38.5 Å². The van der Waals surface area contributed by atoms with Gasteiger partial charge in [0.2, 0.25) is 0 Å². The van der Waals surface area contributed by atoms with Crippen LogP contribution < -0.4 is 15.4 Å². The number of hydrogen-bond donors (Lipinski definition) is 2. The van der Waals surface area contributed by atoms with Crippen molar-refractivity contribution < 1.29 is 4.74 Å². The first-order valence-corrected chi connectivity index (χ1v) is 6.60. The van der Waals surface area contributed by atoms with Crippen LogP contribution >= 0.6 is 0 Å². The minimum atomic E-state index is 0.300. The lowest BCUT2D eigenvalue weighted by Crippen LogP contribution is -2.35. The van der Waals surface area contributed by atoms with Gasteiger partial charge in [-0.25, -0.2) is 0 Å². The number of hydrogen-bond acceptors (Lipinski definition) is 3. The van der Waals surface area contributed by atoms with Crippen molar-refractivity contribution in [3.05, 3.63) is 29.8 Å². The molecule has 0 amide bonds. The van der Waals surface area contributed by atoms with Gasteiger partial charge in [0.05, 0.1) is 7.11 Å². The van der Waals surface area contributed by atoms with Crippen LogP contribution in [-0.2, 0) is 0 Å². The van der Waals surface area contributed by atoms with E-state index in [0.717, 1.165) is 12.3 Å². The Hall–Kier alpha value is -1.06. The SMILES string of the molecule is CNCC(C(C)C)C(NC)c1ccccc1OC. The van der Waals surface area contributed by atoms with E-state index in [2.05, 4.69) is 36.6 Å². The van der Waals surface area contributed by atoms with Gasteiger partial charge in [-0.3, -0.25) is 0 Å². The fourth-order valence-corrected chi connectivity index (χ4v) is 2.50. The smallest absolute Gasteiger partial charge is 0.123 e. The minimum Gasteiger partial charge on any atom is -0.496 e. The van der Waals surface area contributed by atoms with E-state index in [1.165, 1.54) is 5.56 Å². The molecule has 1 aromatic carbocycles. The van der Waals surface area contributed by atoms with Gasteiger partial charge in [0.1, 0.15) is 5.75 Å². The first kappa shape index (κ1) is 15.0. The maximum absolute atomic E-state index is 5.48. The second kappa shape index (κ2) is 7.39. The molecule has 0 aromatic heterocycles. The molecule has 0 heterocycles. The van der Waals surface area contributed by atoms with Gasteiger partial charge in [-0.15, -0.1) is 0 Å². The summed E-state index contributed by atoms with van der Waals surface area (Å²) >= 11 is 0. The molecule has 0 aliphatic carbocycles. The summed E-state index contributed by atoms with van der Waals surface area (Å²) < 4.78 is 5.48. The topological polar surface area (TPSA) is 33.3 Å². The molecule has 0 aliphatic rings. The van der Waals surface area contributed by atoms with Gasteiger partial charge >= 0.3 is 0 Å². The van der Waals surface area contributed by atoms with E-state index < -0.39 is 0 Å². The van der Waals surface area contributed by atoms with Crippen LogP contribution in [-0.4, -0.2) is 27.7 Å². The molecule has 3 heteroatoms. The zero-order valence-electron chi connectivity index (χ0n) is 12.2. The minimum absolute atomic E-state index is 0.300. The van der Waals surface area contributed by atoms with Crippen molar-refractivity contribution >= 4 is 0 Å². The Labute approximate surface area is 111 Å². The molecular formula is C15H26N2O. The van der Waals surface area contributed by atoms with Crippen molar-refractivity contribution in [3.8, 4) is 5.75 Å². The Bertz CT molecular complexity index is 352. The molecule has 1 rings (SSSR count). The van der Waals surface area contributed by atoms with Crippen molar-refractivity contribution in [1.29, 1.82) is 0 Å². The molecule has 1 aromatic rings. The predicted octanol–water partition coefficient (Wildman–Crippen LogP) is 2.45. The Morgan fingerprint density at radius 1 is 1.17 bits per heavy atom. The molecule has 2 unspecified atom stereocenters. The monoisotopic (exact) mass is 250 g/mol. The molecule has 0 bridgehead atoms. The second-order valence-electron chi connectivity index (χ2n) is 4.97. The molecule has 0 aliphatic heterocycles. The van der Waals surface area contributed by atoms with E-state index in [1.54, 1.807) is 7.11 Å². The van der Waals surface area contributed by atoms with Crippen LogP contribution in [0.25, 0.3) is 0 Å². The van der Waals surface area contributed by atoms with Gasteiger partial charge in [-0.1, -0.05) is 32.0 Å². The largest absolute Gasteiger partial charge is 0.496 e. The summed E-state index contributed by atoms with van der Waals surface area (Å²) in [5, 5.41) is 6.73. The molecule has 18 heavy (non-hydrogen) atoms. The Morgan fingerprint density at radius 2 is 1.83 bits per heavy atom. The van der Waals surface area contributed by atoms with Gasteiger partial charge in [0.25, 0.3) is 0 Å². The molecule has 0 spiro atoms. The zero-order chi connectivity index (χ0) is 13.5. The van der Waals surface area contributed by atoms with Crippen LogP contribution in [0, 0.1) is 11.8 Å². The summed E-state index contributed by atoms with van der Waals surface area (Å²) in [7, 11) is 5.75. The highest BCUT2D eigenvalue weighted by Gasteiger charge is 2.26. The Kier molecular flexibility index (Phi) is 6.16. The average Bonchev–Trinajstić information content (AvgIpc) is 2.39. The second-order valence-corrected chi connectivity index (χ2v) is 4.97. The highest BCUT2D eigenvalue weighted by molar-refractivity contribution is 5.36. The maximum Gasteiger partial charge on any atom is 0.123 e. The van der Waals surface area contributed by atoms with Crippen molar-refractivity contribution in [3.63, 3.8) is 0 Å². The van der Waals surface area contributed by atoms with Crippen molar-refractivity contribution in [2.24, 2.45) is 11.8 Å². The number of nitrogens with one attached hydrogen (secondary N) is 2. The van der Waals surface area contributed by atoms with Crippen LogP contribution in [0.1, 0.15) is 25.5 Å². The maximum atomic E-state index is 5.48. The summed E-state index contributed by atoms with van der Waals surface area (Å²) in [6, 6.07) is 8.55. The molecule has 0 fully saturated rings. The summed E-state index contributed by atoms with van der Waals surface area (Å²) in [6.45, 7) is 5.52. The predicted molar refractivity (Wildman–Crippen MR) is 77.0 cm³/mol. The van der Waals surface area contributed by atoms with E-state index in [-0.39, 0.29) is 0 Å². The zero-order valence-corrected chi connectivity index (χ0v) is 12.2. The molecule has 2 atom stereocenters. The van der Waals surface area contributed by atoms with E-state index in [0.29, 0.717) is 17.9 Å². The number of methoxy groups -OCH3 is 1. The third-order valence-corrected chi connectivity index (χ3v) is 3.51. The summed E-state index contributed by atoms with van der Waals surface area (Å²) in [6.07, 6.45) is 0. The standard InChI is InChI=1S/C15H26N2O/c1-11(2)13(10-16-3)15(17-4)12-8-6-7-9-14(12)18-5/h6-9,11,13,15-17H,10H2,1-5H3. The van der Waals surface area contributed by atoms with E-state index in [4.69, 9.17) is 4.74 Å². The molecule has 3 nitrogen and oxygen atoms in total. The van der Waals surface area contributed by atoms with Crippen molar-refractivity contribution in [2.75, 3.05) is 27.7 Å². The summed E-state index contributed by atoms with van der Waals surface area (Å²) in [5.41, 5.74) is 1.23. The highest BCUT2D eigenvalue weighted by atomic mass is 16.5. The highest BCUT2D eigenvalue weighted by Crippen LogP contribution is 2.33. The number of para-hydroxylation sites is 1. The number of rotatable bonds is 7. The normalized spacial score (nSPS) is 14.6. The third kappa shape index (κ3) is 3.47. The number of ether oxygens (including phenoxy) is 1. The number of benzene rings is 1. The quantitative estimate of drug-likeness (QED) is 0.780. The van der Waals surface area contributed by atoms with E-state index in [1.807, 2.05) is 26.2 Å². The molecule has 0 radical (unpaired) electrons. The van der Waals surface area contributed by atoms with E-state index >= 15 is 0 Å². The van der Waals surface area contributed by atoms with Gasteiger partial charge in [0, 0.05) is 11.6 Å². The van der Waals surface area contributed by atoms with Crippen LogP contribution in [0.5, 0.6) is 5.75 Å². The van der Waals surface area contributed by atoms with Gasteiger partial charge < -0.3 is 15.4 Å². The lowest BCUT2D eigenvalue weighted by Gasteiger charge is -2.31. The molecule has 102 valence electrons. The molecule has 2 N–H and O–H groups in total. The van der Waals surface area contributed by atoms with E-state index in [9.17, 15) is 0 Å². The average molecular weight is 250 g/mol. The van der Waals surface area contributed by atoms with Crippen LogP contribution in [0.3, 0.4) is 0 Å². The molecule has 0 saturated heterocycles. The first-order chi connectivity index (χ1) is 8.65. The van der Waals surface area contributed by atoms with Crippen LogP contribution in [0.2, 0.25) is 0 Å². The van der Waals surface area contributed by atoms with Crippen molar-refractivity contribution in [2.45, 2.75) is 19.9 Å².